The van der Waals surface area contributed by atoms with Gasteiger partial charge in [-0.1, -0.05) is 0 Å². The second kappa shape index (κ2) is 7.67. The van der Waals surface area contributed by atoms with E-state index in [1.54, 1.807) is 30.3 Å². The third-order valence-electron chi connectivity index (χ3n) is 3.89. The zero-order valence-electron chi connectivity index (χ0n) is 14.6. The first-order valence-electron chi connectivity index (χ1n) is 8.15. The predicted octanol–water partition coefficient (Wildman–Crippen LogP) is 4.43. The molecule has 0 fully saturated rings. The van der Waals surface area contributed by atoms with Gasteiger partial charge in [0.25, 0.3) is 5.91 Å². The minimum atomic E-state index is -1.02. The van der Waals surface area contributed by atoms with Gasteiger partial charge >= 0.3 is 5.97 Å². The maximum absolute atomic E-state index is 13.3. The lowest BCUT2D eigenvalue weighted by atomic mass is 10.1. The van der Waals surface area contributed by atoms with Gasteiger partial charge in [-0.25, -0.2) is 9.18 Å². The highest BCUT2D eigenvalue weighted by Gasteiger charge is 2.20. The van der Waals surface area contributed by atoms with Gasteiger partial charge in [0.15, 0.2) is 11.9 Å². The molecule has 0 aliphatic carbocycles. The van der Waals surface area contributed by atoms with Crippen LogP contribution in [0.1, 0.15) is 33.9 Å². The highest BCUT2D eigenvalue weighted by molar-refractivity contribution is 7.20. The first kappa shape index (κ1) is 18.7. The largest absolute Gasteiger partial charge is 0.448 e. The molecule has 138 valence electrons. The van der Waals surface area contributed by atoms with Gasteiger partial charge < -0.3 is 10.1 Å². The summed E-state index contributed by atoms with van der Waals surface area (Å²) in [6, 6.07) is 12.2. The van der Waals surface area contributed by atoms with Crippen molar-refractivity contribution in [3.8, 4) is 0 Å². The van der Waals surface area contributed by atoms with E-state index in [0.717, 1.165) is 4.70 Å². The molecule has 1 aromatic heterocycles. The summed E-state index contributed by atoms with van der Waals surface area (Å²) in [6.07, 6.45) is -1.02. The van der Waals surface area contributed by atoms with Gasteiger partial charge in [-0.3, -0.25) is 9.59 Å². The number of ketones is 1. The monoisotopic (exact) mass is 385 g/mol. The molecule has 27 heavy (non-hydrogen) atoms. The number of anilines is 1. The Hall–Kier alpha value is -3.06. The summed E-state index contributed by atoms with van der Waals surface area (Å²) in [7, 11) is 0. The Labute approximate surface area is 158 Å². The number of rotatable bonds is 5. The molecule has 1 N–H and O–H groups in total. The lowest BCUT2D eigenvalue weighted by Gasteiger charge is -2.13. The fraction of sp³-hybridized carbons (Fsp3) is 0.150. The van der Waals surface area contributed by atoms with E-state index < -0.39 is 18.0 Å². The number of esters is 1. The van der Waals surface area contributed by atoms with E-state index in [0.29, 0.717) is 21.5 Å². The summed E-state index contributed by atoms with van der Waals surface area (Å²) >= 11 is 1.17. The van der Waals surface area contributed by atoms with Gasteiger partial charge in [0, 0.05) is 16.0 Å². The Kier molecular flexibility index (Phi) is 5.32. The number of carbonyl (C=O) groups is 3. The summed E-state index contributed by atoms with van der Waals surface area (Å²) < 4.78 is 19.2. The summed E-state index contributed by atoms with van der Waals surface area (Å²) in [5, 5.41) is 3.23. The lowest BCUT2D eigenvalue weighted by Crippen LogP contribution is -2.29. The molecule has 7 heteroatoms. The van der Waals surface area contributed by atoms with E-state index in [9.17, 15) is 18.8 Å². The number of hydrogen-bond donors (Lipinski definition) is 1. The molecule has 0 saturated heterocycles. The number of carbonyl (C=O) groups excluding carboxylic acids is 3. The standard InChI is InChI=1S/C20H16FNO4S/c1-11(23)13-3-6-16(7-4-13)22-19(24)12(2)26-20(25)18-10-14-9-15(21)5-8-17(14)27-18/h3-10,12H,1-2H3,(H,22,24)/t12-/m0/s1. The number of benzene rings is 2. The van der Waals surface area contributed by atoms with Crippen molar-refractivity contribution in [1.82, 2.24) is 0 Å². The van der Waals surface area contributed by atoms with E-state index in [1.807, 2.05) is 0 Å². The zero-order valence-corrected chi connectivity index (χ0v) is 15.4. The average Bonchev–Trinajstić information content (AvgIpc) is 3.05. The van der Waals surface area contributed by atoms with Gasteiger partial charge in [-0.15, -0.1) is 11.3 Å². The van der Waals surface area contributed by atoms with Crippen LogP contribution in [-0.2, 0) is 9.53 Å². The van der Waals surface area contributed by atoms with Crippen LogP contribution in [0, 0.1) is 5.82 Å². The van der Waals surface area contributed by atoms with Crippen molar-refractivity contribution in [3.05, 3.63) is 64.8 Å². The number of Topliss-reactive ketones (excluding diaryl/α,β-unsaturated/α-hetero) is 1. The van der Waals surface area contributed by atoms with Crippen molar-refractivity contribution in [2.45, 2.75) is 20.0 Å². The number of nitrogens with one attached hydrogen (secondary N) is 1. The molecule has 1 amide bonds. The number of fused-ring (bicyclic) bond motifs is 1. The highest BCUT2D eigenvalue weighted by atomic mass is 32.1. The molecule has 0 radical (unpaired) electrons. The average molecular weight is 385 g/mol. The predicted molar refractivity (Wildman–Crippen MR) is 102 cm³/mol. The second-order valence-corrected chi connectivity index (χ2v) is 7.05. The Balaban J connectivity index is 1.64. The summed E-state index contributed by atoms with van der Waals surface area (Å²) in [5.74, 6) is -1.60. The van der Waals surface area contributed by atoms with Gasteiger partial charge in [-0.2, -0.15) is 0 Å². The molecule has 0 bridgehead atoms. The first-order chi connectivity index (χ1) is 12.8. The first-order valence-corrected chi connectivity index (χ1v) is 8.97. The molecular formula is C20H16FNO4S. The minimum Gasteiger partial charge on any atom is -0.448 e. The Morgan fingerprint density at radius 2 is 1.78 bits per heavy atom. The van der Waals surface area contributed by atoms with E-state index in [-0.39, 0.29) is 11.6 Å². The highest BCUT2D eigenvalue weighted by Crippen LogP contribution is 2.27. The van der Waals surface area contributed by atoms with Crippen molar-refractivity contribution in [2.24, 2.45) is 0 Å². The molecule has 0 spiro atoms. The molecule has 1 heterocycles. The molecule has 5 nitrogen and oxygen atoms in total. The zero-order chi connectivity index (χ0) is 19.6. The van der Waals surface area contributed by atoms with Crippen LogP contribution < -0.4 is 5.32 Å². The van der Waals surface area contributed by atoms with Crippen molar-refractivity contribution in [2.75, 3.05) is 5.32 Å². The fourth-order valence-corrected chi connectivity index (χ4v) is 3.35. The number of hydrogen-bond acceptors (Lipinski definition) is 5. The van der Waals surface area contributed by atoms with Crippen LogP contribution in [0.3, 0.4) is 0 Å². The number of ether oxygens (including phenoxy) is 1. The third kappa shape index (κ3) is 4.38. The SMILES string of the molecule is CC(=O)c1ccc(NC(=O)[C@H](C)OC(=O)c2cc3cc(F)ccc3s2)cc1. The topological polar surface area (TPSA) is 72.5 Å². The van der Waals surface area contributed by atoms with Crippen LogP contribution in [0.15, 0.2) is 48.5 Å². The third-order valence-corrected chi connectivity index (χ3v) is 4.99. The molecule has 2 aromatic carbocycles. The quantitative estimate of drug-likeness (QED) is 0.521. The summed E-state index contributed by atoms with van der Waals surface area (Å²) in [6.45, 7) is 2.92. The van der Waals surface area contributed by atoms with Crippen LogP contribution in [0.25, 0.3) is 10.1 Å². The lowest BCUT2D eigenvalue weighted by molar-refractivity contribution is -0.123. The normalized spacial score (nSPS) is 11.8. The Morgan fingerprint density at radius 3 is 2.44 bits per heavy atom. The van der Waals surface area contributed by atoms with Crippen LogP contribution in [0.4, 0.5) is 10.1 Å². The molecule has 0 saturated carbocycles. The van der Waals surface area contributed by atoms with Gasteiger partial charge in [0.05, 0.1) is 0 Å². The fourth-order valence-electron chi connectivity index (χ4n) is 2.42. The smallest absolute Gasteiger partial charge is 0.349 e. The van der Waals surface area contributed by atoms with E-state index in [1.165, 1.54) is 43.4 Å². The van der Waals surface area contributed by atoms with Crippen LogP contribution in [0.2, 0.25) is 0 Å². The van der Waals surface area contributed by atoms with Crippen molar-refractivity contribution in [3.63, 3.8) is 0 Å². The van der Waals surface area contributed by atoms with E-state index >= 15 is 0 Å². The van der Waals surface area contributed by atoms with E-state index in [2.05, 4.69) is 5.32 Å². The second-order valence-electron chi connectivity index (χ2n) is 5.96. The maximum atomic E-state index is 13.3. The van der Waals surface area contributed by atoms with Crippen molar-refractivity contribution < 1.29 is 23.5 Å². The van der Waals surface area contributed by atoms with Crippen LogP contribution >= 0.6 is 11.3 Å². The van der Waals surface area contributed by atoms with E-state index in [4.69, 9.17) is 4.74 Å². The summed E-state index contributed by atoms with van der Waals surface area (Å²) in [4.78, 5) is 36.0. The van der Waals surface area contributed by atoms with Crippen LogP contribution in [-0.4, -0.2) is 23.8 Å². The Bertz CT molecular complexity index is 1030. The summed E-state index contributed by atoms with van der Waals surface area (Å²) in [5.41, 5.74) is 1.03. The maximum Gasteiger partial charge on any atom is 0.349 e. The van der Waals surface area contributed by atoms with Crippen molar-refractivity contribution >= 4 is 44.8 Å². The van der Waals surface area contributed by atoms with Gasteiger partial charge in [0.2, 0.25) is 0 Å². The number of halogens is 1. The van der Waals surface area contributed by atoms with Gasteiger partial charge in [-0.05, 0) is 67.8 Å². The molecule has 0 aliphatic heterocycles. The minimum absolute atomic E-state index is 0.0709. The number of amides is 1. The molecule has 3 rings (SSSR count). The Morgan fingerprint density at radius 1 is 1.07 bits per heavy atom. The molecular weight excluding hydrogens is 369 g/mol. The molecule has 0 unspecified atom stereocenters. The molecule has 3 aromatic rings. The molecule has 1 atom stereocenters. The van der Waals surface area contributed by atoms with Crippen molar-refractivity contribution in [1.29, 1.82) is 0 Å². The number of thiophene rings is 1. The molecule has 0 aliphatic rings. The van der Waals surface area contributed by atoms with Gasteiger partial charge in [0.1, 0.15) is 10.7 Å². The van der Waals surface area contributed by atoms with Crippen LogP contribution in [0.5, 0.6) is 0 Å².